The molecule has 0 aliphatic heterocycles. The number of amides is 1. The van der Waals surface area contributed by atoms with Crippen LogP contribution in [0.4, 0.5) is 0 Å². The number of likely N-dealkylation sites (N-methyl/N-ethyl adjacent to an activating group) is 1. The molecule has 10 nitrogen and oxygen atoms in total. The average molecular weight is 589 g/mol. The Labute approximate surface area is 243 Å². The number of Topliss-reactive ketones (excluding diaryl/α,β-unsaturated/α-hetero) is 2. The van der Waals surface area contributed by atoms with Crippen LogP contribution in [0.5, 0.6) is 5.75 Å². The van der Waals surface area contributed by atoms with Crippen molar-refractivity contribution >= 4 is 35.0 Å². The highest BCUT2D eigenvalue weighted by molar-refractivity contribution is 7.99. The smallest absolute Gasteiger partial charge is 0.255 e. The third kappa shape index (κ3) is 4.57. The maximum atomic E-state index is 14.3. The molecule has 1 amide bonds. The van der Waals surface area contributed by atoms with Crippen LogP contribution in [0.2, 0.25) is 0 Å². The zero-order chi connectivity index (χ0) is 30.8. The molecule has 0 aromatic heterocycles. The van der Waals surface area contributed by atoms with Crippen LogP contribution in [0.3, 0.4) is 0 Å². The largest absolute Gasteiger partial charge is 0.508 e. The Balaban J connectivity index is 2.04. The summed E-state index contributed by atoms with van der Waals surface area (Å²) in [6.07, 6.45) is 0.292. The molecule has 6 atom stereocenters. The summed E-state index contributed by atoms with van der Waals surface area (Å²) >= 11 is 1.60. The summed E-state index contributed by atoms with van der Waals surface area (Å²) in [7, 11) is 2.98. The molecule has 0 spiro atoms. The van der Waals surface area contributed by atoms with E-state index in [4.69, 9.17) is 5.73 Å². The van der Waals surface area contributed by atoms with Gasteiger partial charge in [-0.1, -0.05) is 46.2 Å². The second-order valence-corrected chi connectivity index (χ2v) is 13.6. The number of carbonyl (C=O) groups is 3. The Morgan fingerprint density at radius 3 is 2.32 bits per heavy atom. The Bertz CT molecular complexity index is 1360. The number of phenolic OH excluding ortho intramolecular Hbond substituents is 1. The van der Waals surface area contributed by atoms with Gasteiger partial charge in [-0.3, -0.25) is 19.3 Å². The number of benzene rings is 1. The first-order chi connectivity index (χ1) is 19.0. The number of hydrogen-bond donors (Lipinski definition) is 6. The van der Waals surface area contributed by atoms with E-state index in [1.54, 1.807) is 23.9 Å². The molecule has 1 fully saturated rings. The van der Waals surface area contributed by atoms with Crippen LogP contribution >= 0.6 is 11.8 Å². The Morgan fingerprint density at radius 1 is 1.15 bits per heavy atom. The first-order valence-corrected chi connectivity index (χ1v) is 15.0. The SMILES string of the molecule is CCCCSC[C@H]1c2ccc(C(C)(C)C)c(O)c2C(O)=C2C(=O)[C@]3(O)C(O)=C(C(N)=O)C(=O)[C@@H](N(C)C)[C@@H]3[C@@H](O)[C@@H]21. The molecule has 11 heteroatoms. The molecular formula is C30H40N2O8S. The van der Waals surface area contributed by atoms with Crippen molar-refractivity contribution in [2.45, 2.75) is 69.6 Å². The van der Waals surface area contributed by atoms with Crippen molar-refractivity contribution in [3.05, 3.63) is 45.7 Å². The van der Waals surface area contributed by atoms with Gasteiger partial charge in [-0.2, -0.15) is 11.8 Å². The lowest BCUT2D eigenvalue weighted by Gasteiger charge is -2.54. The Morgan fingerprint density at radius 2 is 1.78 bits per heavy atom. The summed E-state index contributed by atoms with van der Waals surface area (Å²) in [5.74, 6) is -7.53. The van der Waals surface area contributed by atoms with Crippen LogP contribution in [0.1, 0.15) is 63.1 Å². The number of unbranched alkanes of at least 4 members (excludes halogenated alkanes) is 1. The number of ketones is 2. The maximum Gasteiger partial charge on any atom is 0.255 e. The molecule has 1 aromatic rings. The fourth-order valence-electron chi connectivity index (χ4n) is 6.69. The minimum absolute atomic E-state index is 0.0296. The quantitative estimate of drug-likeness (QED) is 0.204. The Hall–Kier alpha value is -2.86. The highest BCUT2D eigenvalue weighted by atomic mass is 32.2. The predicted octanol–water partition coefficient (Wildman–Crippen LogP) is 2.31. The summed E-state index contributed by atoms with van der Waals surface area (Å²) in [4.78, 5) is 41.3. The predicted molar refractivity (Wildman–Crippen MR) is 156 cm³/mol. The average Bonchev–Trinajstić information content (AvgIpc) is 2.86. The molecule has 3 aliphatic carbocycles. The second kappa shape index (κ2) is 10.8. The van der Waals surface area contributed by atoms with E-state index in [0.29, 0.717) is 16.9 Å². The third-order valence-electron chi connectivity index (χ3n) is 8.68. The van der Waals surface area contributed by atoms with Crippen LogP contribution in [0.25, 0.3) is 5.76 Å². The summed E-state index contributed by atoms with van der Waals surface area (Å²) in [5.41, 5.74) is 1.73. The molecule has 0 radical (unpaired) electrons. The number of primary amides is 1. The van der Waals surface area contributed by atoms with Gasteiger partial charge < -0.3 is 31.3 Å². The number of hydrogen-bond acceptors (Lipinski definition) is 10. The molecule has 0 unspecified atom stereocenters. The number of carbonyl (C=O) groups excluding carboxylic acids is 3. The summed E-state index contributed by atoms with van der Waals surface area (Å²) < 4.78 is 0. The monoisotopic (exact) mass is 588 g/mol. The van der Waals surface area contributed by atoms with Crippen molar-refractivity contribution in [3.8, 4) is 5.75 Å². The number of aliphatic hydroxyl groups is 4. The van der Waals surface area contributed by atoms with E-state index < -0.39 is 75.5 Å². The first-order valence-electron chi connectivity index (χ1n) is 13.8. The molecule has 1 saturated carbocycles. The van der Waals surface area contributed by atoms with Crippen LogP contribution < -0.4 is 5.73 Å². The highest BCUT2D eigenvalue weighted by Crippen LogP contribution is 2.57. The van der Waals surface area contributed by atoms with Crippen molar-refractivity contribution in [1.82, 2.24) is 4.90 Å². The van der Waals surface area contributed by atoms with E-state index >= 15 is 0 Å². The van der Waals surface area contributed by atoms with Crippen molar-refractivity contribution in [2.75, 3.05) is 25.6 Å². The highest BCUT2D eigenvalue weighted by Gasteiger charge is 2.68. The summed E-state index contributed by atoms with van der Waals surface area (Å²) in [6.45, 7) is 7.73. The lowest BCUT2D eigenvalue weighted by molar-refractivity contribution is -0.169. The topological polar surface area (TPSA) is 182 Å². The standard InChI is InChI=1S/C30H40N2O8S/c1-7-8-11-41-12-14-13-9-10-15(29(2,3)4)22(33)17(13)23(34)18-16(14)24(35)20-21(32(5)6)25(36)19(28(31)39)27(38)30(20,40)26(18)37/h9-10,14,16,20-21,24,33-35,38,40H,7-8,11-12H2,1-6H3,(H2,31,39)/t14-,16+,20+,21-,24-,30-/m0/s1. The second-order valence-electron chi connectivity index (χ2n) is 12.5. The van der Waals surface area contributed by atoms with E-state index in [2.05, 4.69) is 6.92 Å². The zero-order valence-corrected chi connectivity index (χ0v) is 25.1. The lowest BCUT2D eigenvalue weighted by Crippen LogP contribution is -2.70. The number of nitrogens with zero attached hydrogens (tertiary/aromatic N) is 1. The lowest BCUT2D eigenvalue weighted by atomic mass is 9.54. The number of rotatable bonds is 7. The van der Waals surface area contributed by atoms with E-state index in [-0.39, 0.29) is 16.9 Å². The van der Waals surface area contributed by atoms with Crippen molar-refractivity contribution < 1.29 is 39.9 Å². The third-order valence-corrected chi connectivity index (χ3v) is 9.85. The minimum Gasteiger partial charge on any atom is -0.508 e. The fourth-order valence-corrected chi connectivity index (χ4v) is 8.00. The molecule has 1 aromatic carbocycles. The van der Waals surface area contributed by atoms with Crippen LogP contribution in [-0.4, -0.2) is 91.3 Å². The van der Waals surface area contributed by atoms with Crippen molar-refractivity contribution in [3.63, 3.8) is 0 Å². The minimum atomic E-state index is -2.93. The molecule has 0 heterocycles. The van der Waals surface area contributed by atoms with Crippen molar-refractivity contribution in [1.29, 1.82) is 0 Å². The maximum absolute atomic E-state index is 14.3. The van der Waals surface area contributed by atoms with Gasteiger partial charge in [0.25, 0.3) is 5.91 Å². The number of nitrogens with two attached hydrogens (primary N) is 1. The van der Waals surface area contributed by atoms with Gasteiger partial charge in [0.15, 0.2) is 11.4 Å². The molecule has 0 saturated heterocycles. The van der Waals surface area contributed by atoms with Crippen LogP contribution in [0.15, 0.2) is 29.0 Å². The summed E-state index contributed by atoms with van der Waals surface area (Å²) in [5, 5.41) is 58.1. The molecule has 3 aliphatic rings. The number of thioether (sulfide) groups is 1. The first kappa shape index (κ1) is 31.1. The number of fused-ring (bicyclic) bond motifs is 3. The van der Waals surface area contributed by atoms with Gasteiger partial charge in [0.2, 0.25) is 5.78 Å². The number of aromatic hydroxyl groups is 1. The zero-order valence-electron chi connectivity index (χ0n) is 24.3. The van der Waals surface area contributed by atoms with E-state index in [1.807, 2.05) is 20.8 Å². The van der Waals surface area contributed by atoms with Gasteiger partial charge in [0.1, 0.15) is 22.8 Å². The Kier molecular flexibility index (Phi) is 8.16. The van der Waals surface area contributed by atoms with Gasteiger partial charge in [-0.15, -0.1) is 0 Å². The van der Waals surface area contributed by atoms with Gasteiger partial charge in [0.05, 0.1) is 23.6 Å². The van der Waals surface area contributed by atoms with Crippen molar-refractivity contribution in [2.24, 2.45) is 17.6 Å². The van der Waals surface area contributed by atoms with E-state index in [1.165, 1.54) is 19.0 Å². The molecule has 4 rings (SSSR count). The van der Waals surface area contributed by atoms with Crippen LogP contribution in [0, 0.1) is 11.8 Å². The van der Waals surface area contributed by atoms with Gasteiger partial charge in [-0.25, -0.2) is 0 Å². The van der Waals surface area contributed by atoms with Crippen LogP contribution in [-0.2, 0) is 19.8 Å². The van der Waals surface area contributed by atoms with Gasteiger partial charge >= 0.3 is 0 Å². The van der Waals surface area contributed by atoms with E-state index in [0.717, 1.165) is 18.6 Å². The summed E-state index contributed by atoms with van der Waals surface area (Å²) in [6, 6.07) is 2.17. The number of aliphatic hydroxyl groups excluding tert-OH is 3. The van der Waals surface area contributed by atoms with Gasteiger partial charge in [-0.05, 0) is 37.2 Å². The fraction of sp³-hybridized carbons (Fsp3) is 0.567. The molecular weight excluding hydrogens is 548 g/mol. The molecule has 0 bridgehead atoms. The molecule has 41 heavy (non-hydrogen) atoms. The van der Waals surface area contributed by atoms with E-state index in [9.17, 15) is 39.9 Å². The van der Waals surface area contributed by atoms with Gasteiger partial charge in [0, 0.05) is 28.7 Å². The molecule has 7 N–H and O–H groups in total. The molecule has 224 valence electrons. The normalized spacial score (nSPS) is 29.9. The number of phenols is 1.